The number of ether oxygens (including phenoxy) is 1. The summed E-state index contributed by atoms with van der Waals surface area (Å²) in [6.07, 6.45) is 10.6. The number of rotatable bonds is 15. The molecular weight excluding hydrogens is 554 g/mol. The van der Waals surface area contributed by atoms with Gasteiger partial charge in [0.05, 0.1) is 5.69 Å². The molecule has 1 amide bonds. The van der Waals surface area contributed by atoms with E-state index in [4.69, 9.17) is 4.74 Å². The van der Waals surface area contributed by atoms with Crippen LogP contribution >= 0.6 is 0 Å². The zero-order chi connectivity index (χ0) is 31.3. The van der Waals surface area contributed by atoms with Crippen LogP contribution in [-0.2, 0) is 4.74 Å². The van der Waals surface area contributed by atoms with Gasteiger partial charge in [-0.1, -0.05) is 123 Å². The molecule has 0 saturated carbocycles. The fourth-order valence-corrected chi connectivity index (χ4v) is 6.63. The topological polar surface area (TPSA) is 44.8 Å². The molecule has 0 spiro atoms. The minimum Gasteiger partial charge on any atom is -0.446 e. The van der Waals surface area contributed by atoms with Gasteiger partial charge in [-0.25, -0.2) is 4.79 Å². The van der Waals surface area contributed by atoms with Gasteiger partial charge in [0.25, 0.3) is 0 Å². The standard InChI is InChI=1S/C40H51N3O2/c1-32(36-24-17-21-33-20-11-12-22-37(33)36)42(2)28-15-6-4-3-5-7-16-29-43-30-26-35(27-31-43)45-40(44)41-39-25-14-13-23-38(39)34-18-9-8-10-19-34/h8-14,17-25,32,35H,3-7,15-16,26-31H2,1-2H3,(H,41,44)/t32-/m1/s1. The van der Waals surface area contributed by atoms with E-state index in [1.807, 2.05) is 42.5 Å². The van der Waals surface area contributed by atoms with Crippen LogP contribution in [0, 0.1) is 0 Å². The van der Waals surface area contributed by atoms with Crippen molar-refractivity contribution in [3.63, 3.8) is 0 Å². The van der Waals surface area contributed by atoms with Crippen LogP contribution in [0.15, 0.2) is 97.1 Å². The van der Waals surface area contributed by atoms with Gasteiger partial charge in [0.1, 0.15) is 6.10 Å². The Kier molecular flexibility index (Phi) is 12.5. The Morgan fingerprint density at radius 1 is 0.800 bits per heavy atom. The van der Waals surface area contributed by atoms with Crippen LogP contribution in [0.2, 0.25) is 0 Å². The number of hydrogen-bond acceptors (Lipinski definition) is 4. The van der Waals surface area contributed by atoms with Gasteiger partial charge in [-0.15, -0.1) is 0 Å². The zero-order valence-corrected chi connectivity index (χ0v) is 27.3. The van der Waals surface area contributed by atoms with Crippen LogP contribution in [0.5, 0.6) is 0 Å². The lowest BCUT2D eigenvalue weighted by atomic mass is 9.98. The van der Waals surface area contributed by atoms with Gasteiger partial charge in [0.15, 0.2) is 0 Å². The van der Waals surface area contributed by atoms with Gasteiger partial charge in [-0.05, 0) is 80.7 Å². The molecule has 5 nitrogen and oxygen atoms in total. The number of nitrogens with one attached hydrogen (secondary N) is 1. The lowest BCUT2D eigenvalue weighted by molar-refractivity contribution is 0.0585. The van der Waals surface area contributed by atoms with Crippen molar-refractivity contribution in [3.8, 4) is 11.1 Å². The first-order valence-electron chi connectivity index (χ1n) is 17.1. The molecule has 4 aromatic rings. The van der Waals surface area contributed by atoms with Crippen LogP contribution < -0.4 is 5.32 Å². The number of likely N-dealkylation sites (tertiary alicyclic amines) is 1. The van der Waals surface area contributed by atoms with Gasteiger partial charge < -0.3 is 9.64 Å². The van der Waals surface area contributed by atoms with E-state index in [1.165, 1.54) is 61.3 Å². The Morgan fingerprint density at radius 3 is 2.24 bits per heavy atom. The smallest absolute Gasteiger partial charge is 0.411 e. The fourth-order valence-electron chi connectivity index (χ4n) is 6.63. The van der Waals surface area contributed by atoms with Crippen LogP contribution in [0.25, 0.3) is 21.9 Å². The molecule has 1 heterocycles. The highest BCUT2D eigenvalue weighted by atomic mass is 16.6. The number of hydrogen-bond donors (Lipinski definition) is 1. The molecule has 1 saturated heterocycles. The number of amides is 1. The van der Waals surface area contributed by atoms with Crippen molar-refractivity contribution < 1.29 is 9.53 Å². The highest BCUT2D eigenvalue weighted by Gasteiger charge is 2.22. The summed E-state index contributed by atoms with van der Waals surface area (Å²) >= 11 is 0. The predicted molar refractivity (Wildman–Crippen MR) is 189 cm³/mol. The molecule has 1 N–H and O–H groups in total. The Bertz CT molecular complexity index is 1460. The number of unbranched alkanes of at least 4 members (excludes halogenated alkanes) is 6. The largest absolute Gasteiger partial charge is 0.446 e. The molecule has 1 aliphatic heterocycles. The predicted octanol–water partition coefficient (Wildman–Crippen LogP) is 9.94. The van der Waals surface area contributed by atoms with E-state index in [0.717, 1.165) is 55.8 Å². The molecule has 5 heteroatoms. The number of anilines is 1. The molecule has 238 valence electrons. The quantitative estimate of drug-likeness (QED) is 0.137. The lowest BCUT2D eigenvalue weighted by Crippen LogP contribution is -2.38. The second-order valence-electron chi connectivity index (χ2n) is 12.7. The number of carbonyl (C=O) groups is 1. The Morgan fingerprint density at radius 2 is 1.44 bits per heavy atom. The summed E-state index contributed by atoms with van der Waals surface area (Å²) in [7, 11) is 2.27. The molecular formula is C40H51N3O2. The summed E-state index contributed by atoms with van der Waals surface area (Å²) in [5, 5.41) is 5.68. The number of benzene rings is 4. The van der Waals surface area contributed by atoms with Crippen molar-refractivity contribution in [1.29, 1.82) is 0 Å². The monoisotopic (exact) mass is 605 g/mol. The van der Waals surface area contributed by atoms with E-state index in [9.17, 15) is 4.79 Å². The van der Waals surface area contributed by atoms with Crippen molar-refractivity contribution in [3.05, 3.63) is 103 Å². The molecule has 45 heavy (non-hydrogen) atoms. The van der Waals surface area contributed by atoms with Gasteiger partial charge in [-0.3, -0.25) is 10.2 Å². The second-order valence-corrected chi connectivity index (χ2v) is 12.7. The molecule has 0 bridgehead atoms. The number of nitrogens with zero attached hydrogens (tertiary/aromatic N) is 2. The zero-order valence-electron chi connectivity index (χ0n) is 27.3. The van der Waals surface area contributed by atoms with Crippen LogP contribution in [0.1, 0.15) is 76.3 Å². The van der Waals surface area contributed by atoms with Crippen molar-refractivity contribution in [2.45, 2.75) is 76.9 Å². The second kappa shape index (κ2) is 17.1. The summed E-state index contributed by atoms with van der Waals surface area (Å²) in [6.45, 7) is 6.64. The summed E-state index contributed by atoms with van der Waals surface area (Å²) in [6, 6.07) is 33.8. The minimum absolute atomic E-state index is 0.0146. The number of para-hydroxylation sites is 1. The van der Waals surface area contributed by atoms with Crippen LogP contribution in [0.3, 0.4) is 0 Å². The van der Waals surface area contributed by atoms with Gasteiger partial charge in [0.2, 0.25) is 0 Å². The highest BCUT2D eigenvalue weighted by Crippen LogP contribution is 2.29. The van der Waals surface area contributed by atoms with E-state index < -0.39 is 0 Å². The van der Waals surface area contributed by atoms with E-state index >= 15 is 0 Å². The van der Waals surface area contributed by atoms with Crippen molar-refractivity contribution in [2.24, 2.45) is 0 Å². The van der Waals surface area contributed by atoms with Crippen LogP contribution in [0.4, 0.5) is 10.5 Å². The van der Waals surface area contributed by atoms with E-state index in [2.05, 4.69) is 83.7 Å². The minimum atomic E-state index is -0.359. The first kappa shape index (κ1) is 32.7. The van der Waals surface area contributed by atoms with Gasteiger partial charge >= 0.3 is 6.09 Å². The Labute approximate surface area is 270 Å². The van der Waals surface area contributed by atoms with E-state index in [0.29, 0.717) is 6.04 Å². The number of carbonyl (C=O) groups excluding carboxylic acids is 1. The third-order valence-electron chi connectivity index (χ3n) is 9.48. The molecule has 0 aliphatic carbocycles. The molecule has 0 aromatic heterocycles. The highest BCUT2D eigenvalue weighted by molar-refractivity contribution is 5.91. The van der Waals surface area contributed by atoms with Crippen molar-refractivity contribution >= 4 is 22.6 Å². The number of fused-ring (bicyclic) bond motifs is 1. The average molecular weight is 606 g/mol. The summed E-state index contributed by atoms with van der Waals surface area (Å²) < 4.78 is 5.81. The lowest BCUT2D eigenvalue weighted by Gasteiger charge is -2.31. The fraction of sp³-hybridized carbons (Fsp3) is 0.425. The number of piperidine rings is 1. The first-order valence-corrected chi connectivity index (χ1v) is 17.1. The van der Waals surface area contributed by atoms with Crippen LogP contribution in [-0.4, -0.2) is 55.2 Å². The summed E-state index contributed by atoms with van der Waals surface area (Å²) in [4.78, 5) is 17.7. The normalized spacial score (nSPS) is 14.9. The first-order chi connectivity index (χ1) is 22.1. The van der Waals surface area contributed by atoms with Crippen molar-refractivity contribution in [2.75, 3.05) is 38.5 Å². The summed E-state index contributed by atoms with van der Waals surface area (Å²) in [5.41, 5.74) is 4.29. The Balaban J connectivity index is 0.896. The molecule has 1 aliphatic rings. The third kappa shape index (κ3) is 9.66. The SMILES string of the molecule is C[C@H](c1cccc2ccccc12)N(C)CCCCCCCCCN1CCC(OC(=O)Nc2ccccc2-c2ccccc2)CC1. The maximum atomic E-state index is 12.7. The molecule has 1 fully saturated rings. The van der Waals surface area contributed by atoms with Gasteiger partial charge in [-0.2, -0.15) is 0 Å². The van der Waals surface area contributed by atoms with E-state index in [-0.39, 0.29) is 12.2 Å². The molecule has 0 unspecified atom stereocenters. The van der Waals surface area contributed by atoms with E-state index in [1.54, 1.807) is 0 Å². The molecule has 0 radical (unpaired) electrons. The summed E-state index contributed by atoms with van der Waals surface area (Å²) in [5.74, 6) is 0. The molecule has 4 aromatic carbocycles. The molecule has 5 rings (SSSR count). The molecule has 1 atom stereocenters. The third-order valence-corrected chi connectivity index (χ3v) is 9.48. The maximum absolute atomic E-state index is 12.7. The maximum Gasteiger partial charge on any atom is 0.411 e. The van der Waals surface area contributed by atoms with Crippen molar-refractivity contribution in [1.82, 2.24) is 9.80 Å². The van der Waals surface area contributed by atoms with Gasteiger partial charge in [0, 0.05) is 24.7 Å². The average Bonchev–Trinajstić information content (AvgIpc) is 3.08. The Hall–Kier alpha value is -3.67.